The van der Waals surface area contributed by atoms with Gasteiger partial charge >= 0.3 is 0 Å². The molecule has 0 unspecified atom stereocenters. The zero-order valence-corrected chi connectivity index (χ0v) is 12.6. The van der Waals surface area contributed by atoms with E-state index in [0.29, 0.717) is 28.3 Å². The van der Waals surface area contributed by atoms with E-state index < -0.39 is 0 Å². The van der Waals surface area contributed by atoms with E-state index >= 15 is 0 Å². The number of ether oxygens (including phenoxy) is 1. The molecule has 1 aromatic rings. The number of anilines is 1. The van der Waals surface area contributed by atoms with Gasteiger partial charge in [0.1, 0.15) is 17.4 Å². The summed E-state index contributed by atoms with van der Waals surface area (Å²) in [6.07, 6.45) is 2.56. The van der Waals surface area contributed by atoms with E-state index in [-0.39, 0.29) is 0 Å². The van der Waals surface area contributed by atoms with Crippen LogP contribution in [0.4, 0.5) is 5.82 Å². The fourth-order valence-electron chi connectivity index (χ4n) is 2.12. The molecule has 2 rings (SSSR count). The van der Waals surface area contributed by atoms with Crippen LogP contribution in [0.5, 0.6) is 5.88 Å². The number of hydrogen-bond donors (Lipinski definition) is 1. The summed E-state index contributed by atoms with van der Waals surface area (Å²) in [6, 6.07) is 1.67. The van der Waals surface area contributed by atoms with Crippen LogP contribution in [0, 0.1) is 0 Å². The van der Waals surface area contributed by atoms with Crippen LogP contribution >= 0.6 is 23.2 Å². The third-order valence-corrected chi connectivity index (χ3v) is 3.65. The predicted molar refractivity (Wildman–Crippen MR) is 79.6 cm³/mol. The third-order valence-electron chi connectivity index (χ3n) is 3.09. The van der Waals surface area contributed by atoms with Crippen molar-refractivity contribution in [3.63, 3.8) is 0 Å². The Morgan fingerprint density at radius 3 is 2.74 bits per heavy atom. The lowest BCUT2D eigenvalue weighted by atomic mass is 10.4. The summed E-state index contributed by atoms with van der Waals surface area (Å²) in [4.78, 5) is 6.69. The Kier molecular flexibility index (Phi) is 5.55. The van der Waals surface area contributed by atoms with Crippen LogP contribution in [-0.4, -0.2) is 42.7 Å². The molecule has 1 aromatic heterocycles. The SMILES string of the molecule is CCNc1nc(OCCN2CCCC2)c(Cl)cc1Cl. The van der Waals surface area contributed by atoms with Crippen LogP contribution < -0.4 is 10.1 Å². The maximum atomic E-state index is 6.08. The van der Waals surface area contributed by atoms with Gasteiger partial charge in [-0.05, 0) is 38.9 Å². The average Bonchev–Trinajstić information content (AvgIpc) is 2.88. The molecule has 1 fully saturated rings. The van der Waals surface area contributed by atoms with Crippen molar-refractivity contribution in [2.75, 3.05) is 38.1 Å². The maximum Gasteiger partial charge on any atom is 0.234 e. The molecule has 106 valence electrons. The monoisotopic (exact) mass is 303 g/mol. The number of likely N-dealkylation sites (tertiary alicyclic amines) is 1. The average molecular weight is 304 g/mol. The first-order chi connectivity index (χ1) is 9.20. The standard InChI is InChI=1S/C13H19Cl2N3O/c1-2-16-12-10(14)9-11(15)13(17-12)19-8-7-18-5-3-4-6-18/h9H,2-8H2,1H3,(H,16,17). The first kappa shape index (κ1) is 14.7. The fourth-order valence-corrected chi connectivity index (χ4v) is 2.60. The highest BCUT2D eigenvalue weighted by atomic mass is 35.5. The Bertz CT molecular complexity index is 423. The Labute approximate surface area is 124 Å². The highest BCUT2D eigenvalue weighted by molar-refractivity contribution is 6.36. The summed E-state index contributed by atoms with van der Waals surface area (Å²) in [5.41, 5.74) is 0. The van der Waals surface area contributed by atoms with E-state index in [4.69, 9.17) is 27.9 Å². The molecule has 1 N–H and O–H groups in total. The molecule has 6 heteroatoms. The molecular weight excluding hydrogens is 285 g/mol. The van der Waals surface area contributed by atoms with Crippen molar-refractivity contribution >= 4 is 29.0 Å². The van der Waals surface area contributed by atoms with E-state index in [1.807, 2.05) is 6.92 Å². The topological polar surface area (TPSA) is 37.4 Å². The molecule has 1 saturated heterocycles. The minimum atomic E-state index is 0.446. The lowest BCUT2D eigenvalue weighted by Crippen LogP contribution is -2.25. The lowest BCUT2D eigenvalue weighted by Gasteiger charge is -2.15. The predicted octanol–water partition coefficient (Wildman–Crippen LogP) is 3.29. The van der Waals surface area contributed by atoms with Gasteiger partial charge in [-0.15, -0.1) is 0 Å². The molecular formula is C13H19Cl2N3O. The number of halogens is 2. The van der Waals surface area contributed by atoms with Crippen molar-refractivity contribution < 1.29 is 4.74 Å². The summed E-state index contributed by atoms with van der Waals surface area (Å²) < 4.78 is 5.66. The second-order valence-electron chi connectivity index (χ2n) is 4.53. The molecule has 2 heterocycles. The van der Waals surface area contributed by atoms with Crippen molar-refractivity contribution in [1.82, 2.24) is 9.88 Å². The Morgan fingerprint density at radius 1 is 1.32 bits per heavy atom. The number of pyridine rings is 1. The molecule has 19 heavy (non-hydrogen) atoms. The molecule has 0 bridgehead atoms. The summed E-state index contributed by atoms with van der Waals surface area (Å²) in [5, 5.41) is 4.05. The van der Waals surface area contributed by atoms with Crippen LogP contribution in [0.3, 0.4) is 0 Å². The van der Waals surface area contributed by atoms with Crippen molar-refractivity contribution in [2.45, 2.75) is 19.8 Å². The quantitative estimate of drug-likeness (QED) is 0.875. The lowest BCUT2D eigenvalue weighted by molar-refractivity contribution is 0.232. The number of nitrogens with one attached hydrogen (secondary N) is 1. The van der Waals surface area contributed by atoms with Crippen molar-refractivity contribution in [3.05, 3.63) is 16.1 Å². The zero-order valence-electron chi connectivity index (χ0n) is 11.1. The molecule has 0 atom stereocenters. The largest absolute Gasteiger partial charge is 0.475 e. The van der Waals surface area contributed by atoms with Crippen LogP contribution in [0.15, 0.2) is 6.07 Å². The summed E-state index contributed by atoms with van der Waals surface area (Å²) in [7, 11) is 0. The van der Waals surface area contributed by atoms with Crippen LogP contribution in [-0.2, 0) is 0 Å². The summed E-state index contributed by atoms with van der Waals surface area (Å²) in [5.74, 6) is 1.06. The van der Waals surface area contributed by atoms with Gasteiger partial charge in [-0.3, -0.25) is 4.90 Å². The summed E-state index contributed by atoms with van der Waals surface area (Å²) >= 11 is 12.1. The van der Waals surface area contributed by atoms with Crippen molar-refractivity contribution in [2.24, 2.45) is 0 Å². The highest BCUT2D eigenvalue weighted by Gasteiger charge is 2.13. The van der Waals surface area contributed by atoms with Gasteiger partial charge < -0.3 is 10.1 Å². The first-order valence-corrected chi connectivity index (χ1v) is 7.41. The molecule has 0 amide bonds. The number of rotatable bonds is 6. The Balaban J connectivity index is 1.92. The normalized spacial score (nSPS) is 15.7. The molecule has 0 saturated carbocycles. The molecule has 0 radical (unpaired) electrons. The minimum absolute atomic E-state index is 0.446. The number of aromatic nitrogens is 1. The Hall–Kier alpha value is -0.710. The minimum Gasteiger partial charge on any atom is -0.475 e. The summed E-state index contributed by atoms with van der Waals surface area (Å²) in [6.45, 7) is 6.57. The molecule has 4 nitrogen and oxygen atoms in total. The maximum absolute atomic E-state index is 6.08. The van der Waals surface area contributed by atoms with Gasteiger partial charge in [0.15, 0.2) is 0 Å². The molecule has 0 spiro atoms. The van der Waals surface area contributed by atoms with Gasteiger partial charge in [0.05, 0.1) is 5.02 Å². The van der Waals surface area contributed by atoms with E-state index in [9.17, 15) is 0 Å². The smallest absolute Gasteiger partial charge is 0.234 e. The van der Waals surface area contributed by atoms with Crippen molar-refractivity contribution in [1.29, 1.82) is 0 Å². The van der Waals surface area contributed by atoms with Crippen LogP contribution in [0.25, 0.3) is 0 Å². The van der Waals surface area contributed by atoms with Crippen molar-refractivity contribution in [3.8, 4) is 5.88 Å². The van der Waals surface area contributed by atoms with Gasteiger partial charge in [-0.1, -0.05) is 23.2 Å². The van der Waals surface area contributed by atoms with Gasteiger partial charge in [-0.25, -0.2) is 0 Å². The molecule has 1 aliphatic rings. The van der Waals surface area contributed by atoms with Gasteiger partial charge in [0.2, 0.25) is 5.88 Å². The second kappa shape index (κ2) is 7.17. The molecule has 0 aliphatic carbocycles. The van der Waals surface area contributed by atoms with Crippen LogP contribution in [0.1, 0.15) is 19.8 Å². The van der Waals surface area contributed by atoms with Crippen LogP contribution in [0.2, 0.25) is 10.0 Å². The van der Waals surface area contributed by atoms with Gasteiger partial charge in [0, 0.05) is 13.1 Å². The number of hydrogen-bond acceptors (Lipinski definition) is 4. The highest BCUT2D eigenvalue weighted by Crippen LogP contribution is 2.30. The first-order valence-electron chi connectivity index (χ1n) is 6.65. The van der Waals surface area contributed by atoms with E-state index in [1.165, 1.54) is 12.8 Å². The zero-order chi connectivity index (χ0) is 13.7. The van der Waals surface area contributed by atoms with Gasteiger partial charge in [-0.2, -0.15) is 4.98 Å². The molecule has 0 aromatic carbocycles. The van der Waals surface area contributed by atoms with E-state index in [2.05, 4.69) is 15.2 Å². The number of nitrogens with zero attached hydrogens (tertiary/aromatic N) is 2. The van der Waals surface area contributed by atoms with E-state index in [1.54, 1.807) is 6.07 Å². The fraction of sp³-hybridized carbons (Fsp3) is 0.615. The van der Waals surface area contributed by atoms with E-state index in [0.717, 1.165) is 26.2 Å². The molecule has 1 aliphatic heterocycles. The third kappa shape index (κ3) is 4.13. The van der Waals surface area contributed by atoms with Gasteiger partial charge in [0.25, 0.3) is 0 Å². The Morgan fingerprint density at radius 2 is 2.05 bits per heavy atom. The second-order valence-corrected chi connectivity index (χ2v) is 5.35.